The van der Waals surface area contributed by atoms with Gasteiger partial charge in [0.05, 0.1) is 0 Å². The first kappa shape index (κ1) is 17.4. The number of hydrogen-bond acceptors (Lipinski definition) is 3. The van der Waals surface area contributed by atoms with Gasteiger partial charge in [0.2, 0.25) is 0 Å². The van der Waals surface area contributed by atoms with Gasteiger partial charge < -0.3 is 0 Å². The summed E-state index contributed by atoms with van der Waals surface area (Å²) in [5.41, 5.74) is -0.655. The molecule has 0 radical (unpaired) electrons. The van der Waals surface area contributed by atoms with Crippen molar-refractivity contribution in [2.75, 3.05) is 0 Å². The number of carbonyl (C=O) groups excluding carboxylic acids is 3. The maximum absolute atomic E-state index is 13.4. The monoisotopic (exact) mass is 344 g/mol. The molecule has 8 atom stereocenters. The SMILES string of the molecule is CC1CC2C3CCC(=O)C3(C)CC(=O)C2C2(C)C(C)CC(=O)CC12C. The fourth-order valence-electron chi connectivity index (χ4n) is 7.86. The first-order valence-corrected chi connectivity index (χ1v) is 10.1. The van der Waals surface area contributed by atoms with Crippen molar-refractivity contribution in [2.45, 2.75) is 73.1 Å². The predicted octanol–water partition coefficient (Wildman–Crippen LogP) is 4.23. The van der Waals surface area contributed by atoms with E-state index >= 15 is 0 Å². The molecule has 0 amide bonds. The Balaban J connectivity index is 1.84. The van der Waals surface area contributed by atoms with Gasteiger partial charge in [-0.05, 0) is 47.3 Å². The molecule has 3 nitrogen and oxygen atoms in total. The van der Waals surface area contributed by atoms with E-state index in [1.165, 1.54) is 0 Å². The summed E-state index contributed by atoms with van der Waals surface area (Å²) in [5, 5.41) is 0. The molecule has 8 unspecified atom stereocenters. The van der Waals surface area contributed by atoms with Crippen LogP contribution in [-0.4, -0.2) is 17.3 Å². The molecule has 0 aliphatic heterocycles. The lowest BCUT2D eigenvalue weighted by atomic mass is 9.36. The fraction of sp³-hybridized carbons (Fsp3) is 0.864. The lowest BCUT2D eigenvalue weighted by molar-refractivity contribution is -0.198. The highest BCUT2D eigenvalue weighted by Gasteiger charge is 2.69. The molecule has 3 heteroatoms. The fourth-order valence-corrected chi connectivity index (χ4v) is 7.86. The minimum Gasteiger partial charge on any atom is -0.300 e. The molecule has 138 valence electrons. The Bertz CT molecular complexity index is 666. The van der Waals surface area contributed by atoms with Gasteiger partial charge >= 0.3 is 0 Å². The van der Waals surface area contributed by atoms with E-state index in [0.717, 1.165) is 12.8 Å². The highest BCUT2D eigenvalue weighted by Crippen LogP contribution is 2.70. The Morgan fingerprint density at radius 1 is 0.960 bits per heavy atom. The molecule has 4 aliphatic carbocycles. The molecule has 0 heterocycles. The van der Waals surface area contributed by atoms with Crippen molar-refractivity contribution < 1.29 is 14.4 Å². The zero-order chi connectivity index (χ0) is 18.4. The second-order valence-electron chi connectivity index (χ2n) is 10.4. The lowest BCUT2D eigenvalue weighted by Crippen LogP contribution is -2.65. The summed E-state index contributed by atoms with van der Waals surface area (Å²) in [4.78, 5) is 38.4. The van der Waals surface area contributed by atoms with Crippen LogP contribution in [0, 0.1) is 45.8 Å². The number of Topliss-reactive ketones (excluding diaryl/α,β-unsaturated/α-hetero) is 3. The van der Waals surface area contributed by atoms with Gasteiger partial charge in [0.15, 0.2) is 0 Å². The van der Waals surface area contributed by atoms with Crippen molar-refractivity contribution in [2.24, 2.45) is 45.8 Å². The van der Waals surface area contributed by atoms with Gasteiger partial charge in [-0.1, -0.05) is 34.6 Å². The van der Waals surface area contributed by atoms with Crippen LogP contribution in [0.25, 0.3) is 0 Å². The minimum absolute atomic E-state index is 0.0285. The Morgan fingerprint density at radius 3 is 2.32 bits per heavy atom. The van der Waals surface area contributed by atoms with Crippen LogP contribution in [0.4, 0.5) is 0 Å². The van der Waals surface area contributed by atoms with Crippen LogP contribution in [0.5, 0.6) is 0 Å². The topological polar surface area (TPSA) is 51.2 Å². The van der Waals surface area contributed by atoms with E-state index in [2.05, 4.69) is 34.6 Å². The second-order valence-corrected chi connectivity index (χ2v) is 10.4. The maximum Gasteiger partial charge on any atom is 0.139 e. The summed E-state index contributed by atoms with van der Waals surface area (Å²) in [6.07, 6.45) is 4.25. The number of fused-ring (bicyclic) bond motifs is 5. The molecule has 0 aromatic rings. The molecule has 4 aliphatic rings. The minimum atomic E-state index is -0.421. The van der Waals surface area contributed by atoms with Gasteiger partial charge in [-0.25, -0.2) is 0 Å². The summed E-state index contributed by atoms with van der Waals surface area (Å²) in [5.74, 6) is 2.33. The molecule has 4 saturated carbocycles. The number of ketones is 3. The number of hydrogen-bond donors (Lipinski definition) is 0. The zero-order valence-electron chi connectivity index (χ0n) is 16.4. The van der Waals surface area contributed by atoms with Crippen LogP contribution >= 0.6 is 0 Å². The van der Waals surface area contributed by atoms with Gasteiger partial charge in [-0.3, -0.25) is 14.4 Å². The van der Waals surface area contributed by atoms with Gasteiger partial charge in [-0.15, -0.1) is 0 Å². The molecular formula is C22H32O3. The maximum atomic E-state index is 13.4. The van der Waals surface area contributed by atoms with Gasteiger partial charge in [0, 0.05) is 37.0 Å². The van der Waals surface area contributed by atoms with Crippen LogP contribution < -0.4 is 0 Å². The second kappa shape index (κ2) is 5.04. The van der Waals surface area contributed by atoms with E-state index in [-0.39, 0.29) is 22.7 Å². The van der Waals surface area contributed by atoms with Crippen LogP contribution in [0.15, 0.2) is 0 Å². The number of rotatable bonds is 0. The zero-order valence-corrected chi connectivity index (χ0v) is 16.4. The van der Waals surface area contributed by atoms with Crippen molar-refractivity contribution in [3.8, 4) is 0 Å². The average Bonchev–Trinajstić information content (AvgIpc) is 2.79. The highest BCUT2D eigenvalue weighted by molar-refractivity contribution is 5.95. The van der Waals surface area contributed by atoms with E-state index in [4.69, 9.17) is 0 Å². The summed E-state index contributed by atoms with van der Waals surface area (Å²) in [6.45, 7) is 11.1. The van der Waals surface area contributed by atoms with Crippen LogP contribution in [0.1, 0.15) is 73.1 Å². The number of carbonyl (C=O) groups is 3. The first-order chi connectivity index (χ1) is 11.6. The van der Waals surface area contributed by atoms with Gasteiger partial charge in [0.25, 0.3) is 0 Å². The Labute approximate surface area is 151 Å². The summed E-state index contributed by atoms with van der Waals surface area (Å²) < 4.78 is 0. The van der Waals surface area contributed by atoms with Crippen LogP contribution in [0.3, 0.4) is 0 Å². The quantitative estimate of drug-likeness (QED) is 0.661. The summed E-state index contributed by atoms with van der Waals surface area (Å²) in [6, 6.07) is 0. The molecule has 25 heavy (non-hydrogen) atoms. The Morgan fingerprint density at radius 2 is 1.64 bits per heavy atom. The van der Waals surface area contributed by atoms with Crippen LogP contribution in [0.2, 0.25) is 0 Å². The van der Waals surface area contributed by atoms with E-state index in [0.29, 0.717) is 60.8 Å². The molecular weight excluding hydrogens is 312 g/mol. The molecule has 0 N–H and O–H groups in total. The smallest absolute Gasteiger partial charge is 0.139 e. The van der Waals surface area contributed by atoms with E-state index in [1.54, 1.807) is 0 Å². The third-order valence-corrected chi connectivity index (χ3v) is 9.68. The Hall–Kier alpha value is -0.990. The van der Waals surface area contributed by atoms with Crippen molar-refractivity contribution in [1.82, 2.24) is 0 Å². The van der Waals surface area contributed by atoms with Crippen molar-refractivity contribution >= 4 is 17.3 Å². The molecule has 4 fully saturated rings. The summed E-state index contributed by atoms with van der Waals surface area (Å²) in [7, 11) is 0. The van der Waals surface area contributed by atoms with Crippen molar-refractivity contribution in [1.29, 1.82) is 0 Å². The van der Waals surface area contributed by atoms with E-state index in [9.17, 15) is 14.4 Å². The molecule has 4 rings (SSSR count). The summed E-state index contributed by atoms with van der Waals surface area (Å²) >= 11 is 0. The largest absolute Gasteiger partial charge is 0.300 e. The van der Waals surface area contributed by atoms with E-state index < -0.39 is 5.41 Å². The molecule has 0 saturated heterocycles. The van der Waals surface area contributed by atoms with Crippen molar-refractivity contribution in [3.63, 3.8) is 0 Å². The Kier molecular flexibility index (Phi) is 3.52. The molecule has 0 aromatic carbocycles. The molecule has 0 aromatic heterocycles. The molecule has 0 bridgehead atoms. The third-order valence-electron chi connectivity index (χ3n) is 9.68. The predicted molar refractivity (Wildman–Crippen MR) is 95.8 cm³/mol. The van der Waals surface area contributed by atoms with E-state index in [1.807, 2.05) is 0 Å². The van der Waals surface area contributed by atoms with Gasteiger partial charge in [-0.2, -0.15) is 0 Å². The van der Waals surface area contributed by atoms with Crippen molar-refractivity contribution in [3.05, 3.63) is 0 Å². The lowest BCUT2D eigenvalue weighted by Gasteiger charge is -2.67. The highest BCUT2D eigenvalue weighted by atomic mass is 16.1. The van der Waals surface area contributed by atoms with Gasteiger partial charge in [0.1, 0.15) is 17.3 Å². The molecule has 0 spiro atoms. The average molecular weight is 344 g/mol. The normalized spacial score (nSPS) is 55.6. The first-order valence-electron chi connectivity index (χ1n) is 10.1. The standard InChI is InChI=1S/C22H32O3/c1-12-9-15-16-6-7-18(25)20(16,3)11-17(24)19(15)22(5)13(2)8-14(23)10-21(12,22)4/h12-13,15-16,19H,6-11H2,1-5H3. The van der Waals surface area contributed by atoms with Crippen LogP contribution in [-0.2, 0) is 14.4 Å². The third kappa shape index (κ3) is 1.91.